The number of hydrogen-bond donors (Lipinski definition) is 1. The van der Waals surface area contributed by atoms with Gasteiger partial charge in [-0.15, -0.1) is 0 Å². The van der Waals surface area contributed by atoms with Gasteiger partial charge < -0.3 is 19.3 Å². The average molecular weight is 374 g/mol. The van der Waals surface area contributed by atoms with Crippen LogP contribution < -0.4 is 14.8 Å². The lowest BCUT2D eigenvalue weighted by atomic mass is 10.3. The molecule has 8 heteroatoms. The molecule has 0 radical (unpaired) electrons. The number of rotatable bonds is 7. The highest BCUT2D eigenvalue weighted by Crippen LogP contribution is 2.30. The molecule has 134 valence electrons. The normalized spacial score (nSPS) is 10.4. The Morgan fingerprint density at radius 1 is 1.27 bits per heavy atom. The van der Waals surface area contributed by atoms with Gasteiger partial charge in [0, 0.05) is 36.1 Å². The van der Waals surface area contributed by atoms with Gasteiger partial charge in [-0.3, -0.25) is 9.78 Å². The van der Waals surface area contributed by atoms with Crippen LogP contribution in [0.15, 0.2) is 53.3 Å². The predicted octanol–water partition coefficient (Wildman–Crippen LogP) is 3.24. The molecular formula is C18H16ClN3O4. The molecule has 7 nitrogen and oxygen atoms in total. The molecule has 0 aliphatic rings. The van der Waals surface area contributed by atoms with Crippen molar-refractivity contribution < 1.29 is 18.8 Å². The SMILES string of the molecule is COc1cc(Cl)ccc1OCc1cc(C(=O)NCc2cccnc2)no1. The van der Waals surface area contributed by atoms with E-state index in [9.17, 15) is 4.79 Å². The highest BCUT2D eigenvalue weighted by Gasteiger charge is 2.13. The molecule has 26 heavy (non-hydrogen) atoms. The number of carbonyl (C=O) groups excluding carboxylic acids is 1. The third-order valence-corrected chi connectivity index (χ3v) is 3.70. The van der Waals surface area contributed by atoms with Crippen molar-refractivity contribution in [3.63, 3.8) is 0 Å². The summed E-state index contributed by atoms with van der Waals surface area (Å²) in [6.45, 7) is 0.453. The van der Waals surface area contributed by atoms with Crippen molar-refractivity contribution in [1.82, 2.24) is 15.5 Å². The number of benzene rings is 1. The molecule has 2 aromatic heterocycles. The Hall–Kier alpha value is -3.06. The van der Waals surface area contributed by atoms with E-state index in [-0.39, 0.29) is 18.2 Å². The first kappa shape index (κ1) is 17.8. The van der Waals surface area contributed by atoms with E-state index in [4.69, 9.17) is 25.6 Å². The van der Waals surface area contributed by atoms with Crippen LogP contribution in [0.2, 0.25) is 5.02 Å². The number of nitrogens with one attached hydrogen (secondary N) is 1. The van der Waals surface area contributed by atoms with Crippen LogP contribution in [0.5, 0.6) is 11.5 Å². The van der Waals surface area contributed by atoms with Crippen LogP contribution in [0.4, 0.5) is 0 Å². The van der Waals surface area contributed by atoms with E-state index in [1.54, 1.807) is 36.7 Å². The largest absolute Gasteiger partial charge is 0.493 e. The first-order valence-electron chi connectivity index (χ1n) is 7.75. The molecule has 0 aliphatic heterocycles. The Bertz CT molecular complexity index is 883. The van der Waals surface area contributed by atoms with Gasteiger partial charge in [0.05, 0.1) is 7.11 Å². The Balaban J connectivity index is 1.57. The Kier molecular flexibility index (Phi) is 5.70. The first-order valence-corrected chi connectivity index (χ1v) is 8.12. The molecule has 0 saturated carbocycles. The lowest BCUT2D eigenvalue weighted by Crippen LogP contribution is -2.23. The topological polar surface area (TPSA) is 86.5 Å². The van der Waals surface area contributed by atoms with Crippen molar-refractivity contribution in [2.75, 3.05) is 7.11 Å². The third kappa shape index (κ3) is 4.52. The maximum absolute atomic E-state index is 12.1. The smallest absolute Gasteiger partial charge is 0.273 e. The van der Waals surface area contributed by atoms with E-state index in [2.05, 4.69) is 15.5 Å². The van der Waals surface area contributed by atoms with E-state index in [1.165, 1.54) is 13.2 Å². The zero-order valence-corrected chi connectivity index (χ0v) is 14.7. The van der Waals surface area contributed by atoms with E-state index in [0.29, 0.717) is 28.8 Å². The van der Waals surface area contributed by atoms with E-state index < -0.39 is 0 Å². The molecule has 1 aromatic carbocycles. The fourth-order valence-corrected chi connectivity index (χ4v) is 2.34. The van der Waals surface area contributed by atoms with Gasteiger partial charge in [0.1, 0.15) is 6.61 Å². The summed E-state index contributed by atoms with van der Waals surface area (Å²) in [5, 5.41) is 7.06. The van der Waals surface area contributed by atoms with Crippen molar-refractivity contribution >= 4 is 17.5 Å². The highest BCUT2D eigenvalue weighted by atomic mass is 35.5. The predicted molar refractivity (Wildman–Crippen MR) is 94.2 cm³/mol. The minimum atomic E-state index is -0.340. The van der Waals surface area contributed by atoms with Crippen molar-refractivity contribution in [2.24, 2.45) is 0 Å². The summed E-state index contributed by atoms with van der Waals surface area (Å²) >= 11 is 5.91. The van der Waals surface area contributed by atoms with Gasteiger partial charge in [-0.1, -0.05) is 22.8 Å². The second-order valence-corrected chi connectivity index (χ2v) is 5.74. The Morgan fingerprint density at radius 3 is 2.92 bits per heavy atom. The van der Waals surface area contributed by atoms with E-state index >= 15 is 0 Å². The molecule has 2 heterocycles. The third-order valence-electron chi connectivity index (χ3n) is 3.46. The number of ether oxygens (including phenoxy) is 2. The van der Waals surface area contributed by atoms with Crippen molar-refractivity contribution in [2.45, 2.75) is 13.2 Å². The Morgan fingerprint density at radius 2 is 2.15 bits per heavy atom. The van der Waals surface area contributed by atoms with Gasteiger partial charge in [-0.05, 0) is 23.8 Å². The van der Waals surface area contributed by atoms with Crippen LogP contribution in [0.1, 0.15) is 21.8 Å². The highest BCUT2D eigenvalue weighted by molar-refractivity contribution is 6.30. The number of amides is 1. The lowest BCUT2D eigenvalue weighted by Gasteiger charge is -2.09. The number of aromatic nitrogens is 2. The number of nitrogens with zero attached hydrogens (tertiary/aromatic N) is 2. The molecule has 0 atom stereocenters. The van der Waals surface area contributed by atoms with Gasteiger partial charge in [0.25, 0.3) is 5.91 Å². The van der Waals surface area contributed by atoms with Gasteiger partial charge in [0.2, 0.25) is 0 Å². The molecule has 0 unspecified atom stereocenters. The molecule has 0 saturated heterocycles. The van der Waals surface area contributed by atoms with Gasteiger partial charge in [-0.25, -0.2) is 0 Å². The average Bonchev–Trinajstić information content (AvgIpc) is 3.15. The van der Waals surface area contributed by atoms with Crippen LogP contribution in [0, 0.1) is 0 Å². The fourth-order valence-electron chi connectivity index (χ4n) is 2.17. The summed E-state index contributed by atoms with van der Waals surface area (Å²) < 4.78 is 16.0. The standard InChI is InChI=1S/C18H16ClN3O4/c1-24-17-7-13(19)4-5-16(17)25-11-14-8-15(22-26-14)18(23)21-10-12-3-2-6-20-9-12/h2-9H,10-11H2,1H3,(H,21,23). The summed E-state index contributed by atoms with van der Waals surface area (Å²) in [5.74, 6) is 1.09. The summed E-state index contributed by atoms with van der Waals surface area (Å²) in [6.07, 6.45) is 3.35. The second kappa shape index (κ2) is 8.35. The van der Waals surface area contributed by atoms with Crippen molar-refractivity contribution in [1.29, 1.82) is 0 Å². The molecular weight excluding hydrogens is 358 g/mol. The molecule has 1 N–H and O–H groups in total. The molecule has 1 amide bonds. The summed E-state index contributed by atoms with van der Waals surface area (Å²) in [6, 6.07) is 10.2. The summed E-state index contributed by atoms with van der Waals surface area (Å²) in [4.78, 5) is 16.1. The maximum atomic E-state index is 12.1. The summed E-state index contributed by atoms with van der Waals surface area (Å²) in [5.41, 5.74) is 1.07. The zero-order chi connectivity index (χ0) is 18.4. The second-order valence-electron chi connectivity index (χ2n) is 5.31. The number of pyridine rings is 1. The fraction of sp³-hybridized carbons (Fsp3) is 0.167. The quantitative estimate of drug-likeness (QED) is 0.684. The van der Waals surface area contributed by atoms with E-state index in [0.717, 1.165) is 5.56 Å². The van der Waals surface area contributed by atoms with Crippen LogP contribution in [0.25, 0.3) is 0 Å². The Labute approximate surface area is 154 Å². The van der Waals surface area contributed by atoms with E-state index in [1.807, 2.05) is 6.07 Å². The molecule has 0 fully saturated rings. The molecule has 3 rings (SSSR count). The van der Waals surface area contributed by atoms with Gasteiger partial charge >= 0.3 is 0 Å². The molecule has 0 spiro atoms. The van der Waals surface area contributed by atoms with Crippen LogP contribution >= 0.6 is 11.6 Å². The number of methoxy groups -OCH3 is 1. The molecule has 0 bridgehead atoms. The van der Waals surface area contributed by atoms with Gasteiger partial charge in [-0.2, -0.15) is 0 Å². The molecule has 0 aliphatic carbocycles. The lowest BCUT2D eigenvalue weighted by molar-refractivity contribution is 0.0941. The number of hydrogen-bond acceptors (Lipinski definition) is 6. The minimum absolute atomic E-state index is 0.0981. The maximum Gasteiger partial charge on any atom is 0.273 e. The minimum Gasteiger partial charge on any atom is -0.493 e. The van der Waals surface area contributed by atoms with Crippen LogP contribution in [-0.4, -0.2) is 23.2 Å². The number of carbonyl (C=O) groups is 1. The molecule has 3 aromatic rings. The first-order chi connectivity index (χ1) is 12.7. The van der Waals surface area contributed by atoms with Crippen LogP contribution in [0.3, 0.4) is 0 Å². The number of halogens is 1. The van der Waals surface area contributed by atoms with Crippen molar-refractivity contribution in [3.8, 4) is 11.5 Å². The van der Waals surface area contributed by atoms with Crippen LogP contribution in [-0.2, 0) is 13.2 Å². The monoisotopic (exact) mass is 373 g/mol. The zero-order valence-electron chi connectivity index (χ0n) is 13.9. The van der Waals surface area contributed by atoms with Gasteiger partial charge in [0.15, 0.2) is 23.0 Å². The summed E-state index contributed by atoms with van der Waals surface area (Å²) in [7, 11) is 1.53. The van der Waals surface area contributed by atoms with Crippen molar-refractivity contribution in [3.05, 3.63) is 70.8 Å².